The van der Waals surface area contributed by atoms with E-state index in [1.165, 1.54) is 20.1 Å². The van der Waals surface area contributed by atoms with Gasteiger partial charge in [-0.25, -0.2) is 4.79 Å². The second-order valence-corrected chi connectivity index (χ2v) is 5.05. The minimum atomic E-state index is -0.822. The van der Waals surface area contributed by atoms with E-state index >= 15 is 0 Å². The minimum Gasteiger partial charge on any atom is -0.467 e. The molecule has 2 atom stereocenters. The van der Waals surface area contributed by atoms with Crippen molar-refractivity contribution in [2.45, 2.75) is 31.8 Å². The van der Waals surface area contributed by atoms with Crippen LogP contribution in [0, 0.1) is 0 Å². The van der Waals surface area contributed by atoms with Crippen LogP contribution in [0.2, 0.25) is 0 Å². The predicted octanol–water partition coefficient (Wildman–Crippen LogP) is 0.968. The van der Waals surface area contributed by atoms with Crippen LogP contribution in [0.25, 0.3) is 0 Å². The molecule has 0 radical (unpaired) electrons. The molecule has 0 saturated carbocycles. The first kappa shape index (κ1) is 18.4. The van der Waals surface area contributed by atoms with Gasteiger partial charge in [-0.1, -0.05) is 36.4 Å². The van der Waals surface area contributed by atoms with Gasteiger partial charge in [-0.15, -0.1) is 6.58 Å². The lowest BCUT2D eigenvalue weighted by Crippen LogP contribution is -2.52. The molecule has 0 fully saturated rings. The van der Waals surface area contributed by atoms with Crippen LogP contribution < -0.4 is 10.6 Å². The maximum atomic E-state index is 12.4. The van der Waals surface area contributed by atoms with Gasteiger partial charge in [0.15, 0.2) is 0 Å². The van der Waals surface area contributed by atoms with Crippen molar-refractivity contribution in [1.82, 2.24) is 10.6 Å². The molecule has 0 heterocycles. The average molecular weight is 318 g/mol. The lowest BCUT2D eigenvalue weighted by Gasteiger charge is -2.21. The standard InChI is InChI=1S/C17H22N2O4/c1-4-8-14(17(22)23-3)19-16(21)15(18-12(2)20)11-13-9-6-5-7-10-13/h4-7,9-10,14-15H,1,8,11H2,2-3H3,(H,18,20)(H,19,21)/t14-,15+/m1/s1. The fraction of sp³-hybridized carbons (Fsp3) is 0.353. The number of carbonyl (C=O) groups excluding carboxylic acids is 3. The molecule has 0 unspecified atom stereocenters. The van der Waals surface area contributed by atoms with E-state index in [2.05, 4.69) is 21.9 Å². The Morgan fingerprint density at radius 3 is 2.35 bits per heavy atom. The summed E-state index contributed by atoms with van der Waals surface area (Å²) in [7, 11) is 1.25. The van der Waals surface area contributed by atoms with Crippen LogP contribution in [0.1, 0.15) is 18.9 Å². The van der Waals surface area contributed by atoms with Gasteiger partial charge in [0, 0.05) is 13.3 Å². The zero-order valence-corrected chi connectivity index (χ0v) is 13.4. The number of benzene rings is 1. The van der Waals surface area contributed by atoms with Crippen LogP contribution in [-0.4, -0.2) is 37.0 Å². The molecule has 0 aliphatic carbocycles. The molecule has 1 aromatic rings. The molecule has 0 aliphatic heterocycles. The van der Waals surface area contributed by atoms with E-state index in [0.29, 0.717) is 6.42 Å². The Bertz CT molecular complexity index is 557. The van der Waals surface area contributed by atoms with Crippen molar-refractivity contribution in [3.63, 3.8) is 0 Å². The molecule has 6 nitrogen and oxygen atoms in total. The lowest BCUT2D eigenvalue weighted by molar-refractivity contribution is -0.145. The summed E-state index contributed by atoms with van der Waals surface area (Å²) in [6.45, 7) is 4.90. The third-order valence-corrected chi connectivity index (χ3v) is 3.18. The van der Waals surface area contributed by atoms with Crippen LogP contribution in [0.4, 0.5) is 0 Å². The van der Waals surface area contributed by atoms with Gasteiger partial charge < -0.3 is 15.4 Å². The van der Waals surface area contributed by atoms with Gasteiger partial charge in [-0.3, -0.25) is 9.59 Å². The van der Waals surface area contributed by atoms with E-state index in [0.717, 1.165) is 5.56 Å². The van der Waals surface area contributed by atoms with E-state index in [1.54, 1.807) is 0 Å². The molecule has 1 rings (SSSR count). The Morgan fingerprint density at radius 2 is 1.83 bits per heavy atom. The predicted molar refractivity (Wildman–Crippen MR) is 86.5 cm³/mol. The van der Waals surface area contributed by atoms with E-state index in [4.69, 9.17) is 0 Å². The maximum Gasteiger partial charge on any atom is 0.328 e. The van der Waals surface area contributed by atoms with Gasteiger partial charge in [0.05, 0.1) is 7.11 Å². The van der Waals surface area contributed by atoms with E-state index in [9.17, 15) is 14.4 Å². The summed E-state index contributed by atoms with van der Waals surface area (Å²) in [5.74, 6) is -1.32. The summed E-state index contributed by atoms with van der Waals surface area (Å²) in [4.78, 5) is 35.4. The molecule has 23 heavy (non-hydrogen) atoms. The van der Waals surface area contributed by atoms with Crippen molar-refractivity contribution in [3.05, 3.63) is 48.6 Å². The molecule has 0 bridgehead atoms. The van der Waals surface area contributed by atoms with Crippen molar-refractivity contribution in [3.8, 4) is 0 Å². The van der Waals surface area contributed by atoms with Crippen molar-refractivity contribution in [1.29, 1.82) is 0 Å². The number of hydrogen-bond acceptors (Lipinski definition) is 4. The molecule has 0 spiro atoms. The number of rotatable bonds is 8. The number of methoxy groups -OCH3 is 1. The van der Waals surface area contributed by atoms with Crippen LogP contribution in [0.15, 0.2) is 43.0 Å². The Balaban J connectivity index is 2.83. The lowest BCUT2D eigenvalue weighted by atomic mass is 10.0. The first-order valence-corrected chi connectivity index (χ1v) is 7.28. The van der Waals surface area contributed by atoms with Crippen LogP contribution in [-0.2, 0) is 25.5 Å². The second kappa shape index (κ2) is 9.40. The van der Waals surface area contributed by atoms with Gasteiger partial charge in [0.1, 0.15) is 12.1 Å². The van der Waals surface area contributed by atoms with E-state index in [-0.39, 0.29) is 12.3 Å². The second-order valence-electron chi connectivity index (χ2n) is 5.05. The maximum absolute atomic E-state index is 12.4. The van der Waals surface area contributed by atoms with Gasteiger partial charge in [-0.2, -0.15) is 0 Å². The number of nitrogens with one attached hydrogen (secondary N) is 2. The molecular formula is C17H22N2O4. The fourth-order valence-corrected chi connectivity index (χ4v) is 2.10. The molecule has 1 aromatic carbocycles. The van der Waals surface area contributed by atoms with Gasteiger partial charge in [0.2, 0.25) is 11.8 Å². The Kier molecular flexibility index (Phi) is 7.53. The Labute approximate surface area is 135 Å². The summed E-state index contributed by atoms with van der Waals surface area (Å²) in [6, 6.07) is 7.71. The SMILES string of the molecule is C=CC[C@@H](NC(=O)[C@H](Cc1ccccc1)NC(C)=O)C(=O)OC. The topological polar surface area (TPSA) is 84.5 Å². The number of esters is 1. The van der Waals surface area contributed by atoms with Gasteiger partial charge in [-0.05, 0) is 12.0 Å². The highest BCUT2D eigenvalue weighted by atomic mass is 16.5. The first-order valence-electron chi connectivity index (χ1n) is 7.28. The number of carbonyl (C=O) groups is 3. The summed E-state index contributed by atoms with van der Waals surface area (Å²) in [5, 5.41) is 5.20. The molecule has 0 saturated heterocycles. The van der Waals surface area contributed by atoms with Crippen LogP contribution in [0.5, 0.6) is 0 Å². The van der Waals surface area contributed by atoms with Gasteiger partial charge in [0.25, 0.3) is 0 Å². The summed E-state index contributed by atoms with van der Waals surface area (Å²) >= 11 is 0. The van der Waals surface area contributed by atoms with E-state index < -0.39 is 24.0 Å². The third-order valence-electron chi connectivity index (χ3n) is 3.18. The largest absolute Gasteiger partial charge is 0.467 e. The molecule has 6 heteroatoms. The van der Waals surface area contributed by atoms with Crippen molar-refractivity contribution < 1.29 is 19.1 Å². The number of hydrogen-bond donors (Lipinski definition) is 2. The third kappa shape index (κ3) is 6.34. The summed E-state index contributed by atoms with van der Waals surface area (Å²) in [6.07, 6.45) is 2.09. The summed E-state index contributed by atoms with van der Waals surface area (Å²) in [5.41, 5.74) is 0.903. The highest BCUT2D eigenvalue weighted by Crippen LogP contribution is 2.05. The molecule has 124 valence electrons. The van der Waals surface area contributed by atoms with Crippen molar-refractivity contribution in [2.75, 3.05) is 7.11 Å². The molecular weight excluding hydrogens is 296 g/mol. The molecule has 2 N–H and O–H groups in total. The minimum absolute atomic E-state index is 0.247. The van der Waals surface area contributed by atoms with Crippen LogP contribution in [0.3, 0.4) is 0 Å². The smallest absolute Gasteiger partial charge is 0.328 e. The highest BCUT2D eigenvalue weighted by molar-refractivity contribution is 5.90. The zero-order valence-electron chi connectivity index (χ0n) is 13.4. The first-order chi connectivity index (χ1) is 11.0. The van der Waals surface area contributed by atoms with Gasteiger partial charge >= 0.3 is 5.97 Å². The fourth-order valence-electron chi connectivity index (χ4n) is 2.10. The highest BCUT2D eigenvalue weighted by Gasteiger charge is 2.26. The number of ether oxygens (including phenoxy) is 1. The Morgan fingerprint density at radius 1 is 1.17 bits per heavy atom. The molecule has 0 aliphatic rings. The van der Waals surface area contributed by atoms with Crippen LogP contribution >= 0.6 is 0 Å². The van der Waals surface area contributed by atoms with Crippen molar-refractivity contribution in [2.24, 2.45) is 0 Å². The van der Waals surface area contributed by atoms with Crippen molar-refractivity contribution >= 4 is 17.8 Å². The zero-order chi connectivity index (χ0) is 17.2. The normalized spacial score (nSPS) is 12.6. The average Bonchev–Trinajstić information content (AvgIpc) is 2.53. The number of amides is 2. The molecule has 2 amide bonds. The Hall–Kier alpha value is -2.63. The molecule has 0 aromatic heterocycles. The van der Waals surface area contributed by atoms with E-state index in [1.807, 2.05) is 30.3 Å². The monoisotopic (exact) mass is 318 g/mol. The summed E-state index contributed by atoms with van der Waals surface area (Å²) < 4.78 is 4.66. The quantitative estimate of drug-likeness (QED) is 0.552.